The molecule has 0 amide bonds. The Bertz CT molecular complexity index is 5810. The van der Waals surface area contributed by atoms with Crippen molar-refractivity contribution in [2.45, 2.75) is 0 Å². The highest BCUT2D eigenvalue weighted by Crippen LogP contribution is 2.45. The van der Waals surface area contributed by atoms with Crippen molar-refractivity contribution in [1.82, 2.24) is 18.3 Å². The Morgan fingerprint density at radius 1 is 0.160 bits per heavy atom. The van der Waals surface area contributed by atoms with Gasteiger partial charge in [0.05, 0.1) is 44.5 Å². The second-order valence-electron chi connectivity index (χ2n) is 25.7. The number of aromatic nitrogens is 4. The Kier molecular flexibility index (Phi) is 14.1. The molecule has 19 rings (SSSR count). The molecule has 19 aromatic rings. The zero-order valence-corrected chi connectivity index (χ0v) is 54.6. The topological polar surface area (TPSA) is 26.2 Å². The maximum absolute atomic E-state index is 2.45. The molecule has 0 spiro atoms. The van der Waals surface area contributed by atoms with Gasteiger partial charge in [0.15, 0.2) is 0 Å². The lowest BCUT2D eigenvalue weighted by atomic mass is 10.0. The van der Waals surface area contributed by atoms with Gasteiger partial charge < -0.3 is 28.1 Å². The molecule has 0 saturated carbocycles. The van der Waals surface area contributed by atoms with Crippen LogP contribution in [0.5, 0.6) is 0 Å². The summed E-state index contributed by atoms with van der Waals surface area (Å²) in [4.78, 5) is 4.80. The number of anilines is 6. The molecule has 0 aliphatic heterocycles. The first-order valence-corrected chi connectivity index (χ1v) is 34.2. The summed E-state index contributed by atoms with van der Waals surface area (Å²) in [6.07, 6.45) is 0. The van der Waals surface area contributed by atoms with Gasteiger partial charge in [-0.15, -0.1) is 0 Å². The van der Waals surface area contributed by atoms with Crippen LogP contribution in [0.15, 0.2) is 388 Å². The Morgan fingerprint density at radius 2 is 0.430 bits per heavy atom. The monoisotopic (exact) mass is 1280 g/mol. The van der Waals surface area contributed by atoms with E-state index in [1.165, 1.54) is 54.8 Å². The molecular weight excluding hydrogens is 1210 g/mol. The molecule has 0 saturated heterocycles. The zero-order chi connectivity index (χ0) is 66.0. The first kappa shape index (κ1) is 58.0. The minimum absolute atomic E-state index is 1.05. The zero-order valence-electron chi connectivity index (χ0n) is 54.6. The SMILES string of the molecule is c1ccc(-c2ccc(N(c3ccc(-n4c(-c5ccccc5)cc5cc6c(cc(-c7ccccc7)n6-c6ccc(N(c7ccc(-c8ccccc8)cc7)c7ccc8c(c7)c7ccccc7n8-c7ccccc7)cc6)cc54)cc3)c3ccc4c(c3)c3ccccc3n4-c3ccccc3)cc2)cc1. The van der Waals surface area contributed by atoms with E-state index in [-0.39, 0.29) is 0 Å². The molecule has 100 heavy (non-hydrogen) atoms. The highest BCUT2D eigenvalue weighted by atomic mass is 15.2. The van der Waals surface area contributed by atoms with Crippen molar-refractivity contribution in [3.63, 3.8) is 0 Å². The van der Waals surface area contributed by atoms with Gasteiger partial charge in [0.2, 0.25) is 0 Å². The van der Waals surface area contributed by atoms with Crippen molar-refractivity contribution in [1.29, 1.82) is 0 Å². The van der Waals surface area contributed by atoms with Gasteiger partial charge in [0.25, 0.3) is 0 Å². The highest BCUT2D eigenvalue weighted by Gasteiger charge is 2.24. The summed E-state index contributed by atoms with van der Waals surface area (Å²) in [5.41, 5.74) is 26.9. The molecule has 0 radical (unpaired) electrons. The number of hydrogen-bond acceptors (Lipinski definition) is 2. The summed E-state index contributed by atoms with van der Waals surface area (Å²) in [5, 5.41) is 7.09. The van der Waals surface area contributed by atoms with E-state index in [0.29, 0.717) is 0 Å². The van der Waals surface area contributed by atoms with Crippen LogP contribution in [0.3, 0.4) is 0 Å². The van der Waals surface area contributed by atoms with Crippen LogP contribution in [0.4, 0.5) is 34.1 Å². The van der Waals surface area contributed by atoms with Gasteiger partial charge in [0, 0.05) is 89.2 Å². The lowest BCUT2D eigenvalue weighted by molar-refractivity contribution is 1.13. The van der Waals surface area contributed by atoms with Gasteiger partial charge in [-0.2, -0.15) is 0 Å². The molecule has 0 bridgehead atoms. The molecule has 470 valence electrons. The molecular formula is C94H64N6. The van der Waals surface area contributed by atoms with Crippen molar-refractivity contribution < 1.29 is 0 Å². The van der Waals surface area contributed by atoms with Crippen molar-refractivity contribution in [2.75, 3.05) is 9.80 Å². The minimum Gasteiger partial charge on any atom is -0.310 e. The van der Waals surface area contributed by atoms with Crippen LogP contribution in [0, 0.1) is 0 Å². The summed E-state index contributed by atoms with van der Waals surface area (Å²) >= 11 is 0. The maximum atomic E-state index is 2.45. The number of nitrogens with zero attached hydrogens (tertiary/aromatic N) is 6. The Morgan fingerprint density at radius 3 is 0.790 bits per heavy atom. The Balaban J connectivity index is 0.737. The predicted molar refractivity (Wildman–Crippen MR) is 420 cm³/mol. The minimum atomic E-state index is 1.05. The molecule has 0 aliphatic rings. The smallest absolute Gasteiger partial charge is 0.0542 e. The molecule has 4 aromatic heterocycles. The summed E-state index contributed by atoms with van der Waals surface area (Å²) in [5.74, 6) is 0. The van der Waals surface area contributed by atoms with Gasteiger partial charge >= 0.3 is 0 Å². The molecule has 6 nitrogen and oxygen atoms in total. The maximum Gasteiger partial charge on any atom is 0.0542 e. The molecule has 0 N–H and O–H groups in total. The average molecular weight is 1280 g/mol. The van der Waals surface area contributed by atoms with Crippen LogP contribution in [-0.4, -0.2) is 18.3 Å². The summed E-state index contributed by atoms with van der Waals surface area (Å²) in [6, 6.07) is 142. The van der Waals surface area contributed by atoms with Gasteiger partial charge in [-0.3, -0.25) is 0 Å². The van der Waals surface area contributed by atoms with Crippen LogP contribution >= 0.6 is 0 Å². The second-order valence-corrected chi connectivity index (χ2v) is 25.7. The fraction of sp³-hybridized carbons (Fsp3) is 0. The van der Waals surface area contributed by atoms with E-state index in [4.69, 9.17) is 0 Å². The van der Waals surface area contributed by atoms with Crippen molar-refractivity contribution in [2.24, 2.45) is 0 Å². The molecule has 15 aromatic carbocycles. The van der Waals surface area contributed by atoms with Crippen LogP contribution in [0.2, 0.25) is 0 Å². The van der Waals surface area contributed by atoms with E-state index in [1.54, 1.807) is 0 Å². The fourth-order valence-electron chi connectivity index (χ4n) is 15.3. The van der Waals surface area contributed by atoms with Gasteiger partial charge in [-0.05, 0) is 203 Å². The van der Waals surface area contributed by atoms with E-state index < -0.39 is 0 Å². The first-order chi connectivity index (χ1) is 49.6. The van der Waals surface area contributed by atoms with E-state index in [1.807, 2.05) is 0 Å². The van der Waals surface area contributed by atoms with Crippen LogP contribution in [0.25, 0.3) is 133 Å². The van der Waals surface area contributed by atoms with E-state index in [2.05, 4.69) is 416 Å². The number of fused-ring (bicyclic) bond motifs is 8. The average Bonchev–Trinajstić information content (AvgIpc) is 1.61. The van der Waals surface area contributed by atoms with E-state index >= 15 is 0 Å². The predicted octanol–water partition coefficient (Wildman–Crippen LogP) is 25.4. The third-order valence-corrected chi connectivity index (χ3v) is 19.9. The fourth-order valence-corrected chi connectivity index (χ4v) is 15.3. The number of hydrogen-bond donors (Lipinski definition) is 0. The van der Waals surface area contributed by atoms with E-state index in [9.17, 15) is 0 Å². The third-order valence-electron chi connectivity index (χ3n) is 19.9. The molecule has 0 aliphatic carbocycles. The number of rotatable bonds is 14. The Labute approximate surface area is 579 Å². The van der Waals surface area contributed by atoms with Gasteiger partial charge in [-0.25, -0.2) is 0 Å². The highest BCUT2D eigenvalue weighted by molar-refractivity contribution is 6.12. The third kappa shape index (κ3) is 10.0. The molecule has 4 heterocycles. The normalized spacial score (nSPS) is 11.6. The Hall–Kier alpha value is -13.4. The van der Waals surface area contributed by atoms with Crippen LogP contribution in [-0.2, 0) is 0 Å². The van der Waals surface area contributed by atoms with Crippen molar-refractivity contribution in [3.05, 3.63) is 388 Å². The summed E-state index contributed by atoms with van der Waals surface area (Å²) in [6.45, 7) is 0. The molecule has 0 atom stereocenters. The van der Waals surface area contributed by atoms with Gasteiger partial charge in [-0.1, -0.05) is 218 Å². The second kappa shape index (κ2) is 24.3. The number of para-hydroxylation sites is 4. The molecule has 0 fully saturated rings. The largest absolute Gasteiger partial charge is 0.310 e. The molecule has 0 unspecified atom stereocenters. The number of benzene rings is 15. The standard InChI is InChI=1S/C94H64N6/c1-7-23-65(24-8-1)67-39-43-75(44-40-67)95(81-55-57-89-85(63-81)83-35-19-21-37-87(83)97(89)73-31-15-5-16-32-73)77-47-51-79(52-48-77)99-91(69-27-11-3-12-28-69)59-71-62-94-72(61-93(71)99)60-92(70-29-13-4-14-30-70)100(94)80-53-49-78(50-54-80)96(76-45-41-68(42-46-76)66-25-9-2-10-26-66)82-56-58-90-86(64-82)84-36-20-22-38-88(84)98(90)74-33-17-6-18-34-74/h1-64H. The van der Waals surface area contributed by atoms with Crippen molar-refractivity contribution in [3.8, 4) is 67.5 Å². The van der Waals surface area contributed by atoms with E-state index in [0.717, 1.165) is 112 Å². The van der Waals surface area contributed by atoms with Gasteiger partial charge in [0.1, 0.15) is 0 Å². The van der Waals surface area contributed by atoms with Crippen molar-refractivity contribution >= 4 is 99.5 Å². The quantitative estimate of drug-likeness (QED) is 0.108. The summed E-state index contributed by atoms with van der Waals surface area (Å²) in [7, 11) is 0. The van der Waals surface area contributed by atoms with Crippen LogP contribution in [0.1, 0.15) is 0 Å². The lowest BCUT2D eigenvalue weighted by Gasteiger charge is -2.26. The van der Waals surface area contributed by atoms with Crippen LogP contribution < -0.4 is 9.80 Å². The first-order valence-electron chi connectivity index (χ1n) is 34.2. The summed E-state index contributed by atoms with van der Waals surface area (Å²) < 4.78 is 9.66. The lowest BCUT2D eigenvalue weighted by Crippen LogP contribution is -2.10. The molecule has 6 heteroatoms.